The summed E-state index contributed by atoms with van der Waals surface area (Å²) in [5, 5.41) is 10.2. The summed E-state index contributed by atoms with van der Waals surface area (Å²) >= 11 is 0. The molecule has 0 amide bonds. The van der Waals surface area contributed by atoms with Gasteiger partial charge in [-0.1, -0.05) is 40.2 Å². The molecule has 0 atom stereocenters. The van der Waals surface area contributed by atoms with E-state index in [0.717, 1.165) is 29.4 Å². The maximum Gasteiger partial charge on any atom is 0.207 e. The standard InChI is InChI=1S/C16H19NO/c1-5-6-12-13-9-11(16(2,3)4)7-8-14(13)18-15(12)10-17/h7-9H,5-6H2,1-4H3. The van der Waals surface area contributed by atoms with Crippen LogP contribution in [0, 0.1) is 11.3 Å². The fourth-order valence-corrected chi connectivity index (χ4v) is 2.20. The average Bonchev–Trinajstić information content (AvgIpc) is 2.66. The first-order valence-electron chi connectivity index (χ1n) is 6.43. The minimum Gasteiger partial charge on any atom is -0.445 e. The summed E-state index contributed by atoms with van der Waals surface area (Å²) in [5.41, 5.74) is 3.27. The van der Waals surface area contributed by atoms with E-state index in [1.165, 1.54) is 5.56 Å². The first-order chi connectivity index (χ1) is 8.47. The molecule has 1 heterocycles. The summed E-state index contributed by atoms with van der Waals surface area (Å²) in [7, 11) is 0. The van der Waals surface area contributed by atoms with Crippen molar-refractivity contribution in [1.82, 2.24) is 0 Å². The maximum atomic E-state index is 9.13. The van der Waals surface area contributed by atoms with Gasteiger partial charge in [-0.05, 0) is 29.5 Å². The minimum atomic E-state index is 0.113. The summed E-state index contributed by atoms with van der Waals surface area (Å²) in [5.74, 6) is 0.470. The van der Waals surface area contributed by atoms with E-state index in [0.29, 0.717) is 5.76 Å². The molecule has 0 spiro atoms. The second kappa shape index (κ2) is 4.49. The van der Waals surface area contributed by atoms with Crippen LogP contribution < -0.4 is 0 Å². The zero-order valence-electron chi connectivity index (χ0n) is 11.5. The molecule has 2 aromatic rings. The third-order valence-electron chi connectivity index (χ3n) is 3.26. The molecule has 0 fully saturated rings. The van der Waals surface area contributed by atoms with Gasteiger partial charge in [0.2, 0.25) is 5.76 Å². The molecule has 2 heteroatoms. The zero-order valence-corrected chi connectivity index (χ0v) is 11.5. The van der Waals surface area contributed by atoms with E-state index in [2.05, 4.69) is 45.9 Å². The number of aryl methyl sites for hydroxylation is 1. The quantitative estimate of drug-likeness (QED) is 0.773. The van der Waals surface area contributed by atoms with E-state index >= 15 is 0 Å². The van der Waals surface area contributed by atoms with Crippen molar-refractivity contribution in [3.63, 3.8) is 0 Å². The van der Waals surface area contributed by atoms with Crippen LogP contribution in [0.1, 0.15) is 51.0 Å². The van der Waals surface area contributed by atoms with Gasteiger partial charge in [-0.2, -0.15) is 5.26 Å². The third kappa shape index (κ3) is 2.13. The Balaban J connectivity index is 2.68. The molecule has 18 heavy (non-hydrogen) atoms. The van der Waals surface area contributed by atoms with Crippen LogP contribution in [0.15, 0.2) is 22.6 Å². The number of hydrogen-bond donors (Lipinski definition) is 0. The van der Waals surface area contributed by atoms with E-state index < -0.39 is 0 Å². The van der Waals surface area contributed by atoms with Crippen LogP contribution in [0.25, 0.3) is 11.0 Å². The van der Waals surface area contributed by atoms with Crippen molar-refractivity contribution in [1.29, 1.82) is 5.26 Å². The summed E-state index contributed by atoms with van der Waals surface area (Å²) in [6.45, 7) is 8.70. The van der Waals surface area contributed by atoms with Gasteiger partial charge in [0.05, 0.1) is 0 Å². The molecule has 0 saturated heterocycles. The molecule has 0 aliphatic carbocycles. The smallest absolute Gasteiger partial charge is 0.207 e. The Hall–Kier alpha value is -1.75. The lowest BCUT2D eigenvalue weighted by Gasteiger charge is -2.18. The van der Waals surface area contributed by atoms with Crippen molar-refractivity contribution in [2.24, 2.45) is 0 Å². The molecule has 0 aliphatic heterocycles. The molecule has 2 rings (SSSR count). The van der Waals surface area contributed by atoms with Gasteiger partial charge in [0, 0.05) is 10.9 Å². The van der Waals surface area contributed by atoms with Crippen LogP contribution in [-0.4, -0.2) is 0 Å². The molecular weight excluding hydrogens is 222 g/mol. The van der Waals surface area contributed by atoms with Crippen LogP contribution in [0.4, 0.5) is 0 Å². The molecule has 1 aromatic carbocycles. The van der Waals surface area contributed by atoms with Crippen LogP contribution in [0.2, 0.25) is 0 Å². The second-order valence-electron chi connectivity index (χ2n) is 5.73. The monoisotopic (exact) mass is 241 g/mol. The lowest BCUT2D eigenvalue weighted by Crippen LogP contribution is -2.10. The van der Waals surface area contributed by atoms with Gasteiger partial charge in [-0.3, -0.25) is 0 Å². The van der Waals surface area contributed by atoms with Crippen molar-refractivity contribution < 1.29 is 4.42 Å². The number of fused-ring (bicyclic) bond motifs is 1. The first kappa shape index (κ1) is 12.7. The number of rotatable bonds is 2. The van der Waals surface area contributed by atoms with Gasteiger partial charge in [-0.15, -0.1) is 0 Å². The SMILES string of the molecule is CCCc1c(C#N)oc2ccc(C(C)(C)C)cc12. The van der Waals surface area contributed by atoms with Crippen LogP contribution in [-0.2, 0) is 11.8 Å². The summed E-state index contributed by atoms with van der Waals surface area (Å²) in [4.78, 5) is 0. The first-order valence-corrected chi connectivity index (χ1v) is 6.43. The number of furan rings is 1. The largest absolute Gasteiger partial charge is 0.445 e. The predicted octanol–water partition coefficient (Wildman–Crippen LogP) is 4.55. The number of benzene rings is 1. The van der Waals surface area contributed by atoms with Crippen LogP contribution in [0.5, 0.6) is 0 Å². The van der Waals surface area contributed by atoms with Crippen molar-refractivity contribution in [3.8, 4) is 6.07 Å². The predicted molar refractivity (Wildman–Crippen MR) is 73.6 cm³/mol. The highest BCUT2D eigenvalue weighted by Gasteiger charge is 2.18. The molecule has 0 aliphatic rings. The molecule has 0 unspecified atom stereocenters. The number of nitriles is 1. The lowest BCUT2D eigenvalue weighted by atomic mass is 9.86. The highest BCUT2D eigenvalue weighted by Crippen LogP contribution is 2.31. The van der Waals surface area contributed by atoms with Crippen molar-refractivity contribution in [2.45, 2.75) is 46.0 Å². The van der Waals surface area contributed by atoms with E-state index in [1.54, 1.807) is 0 Å². The van der Waals surface area contributed by atoms with Crippen molar-refractivity contribution in [3.05, 3.63) is 35.1 Å². The summed E-state index contributed by atoms with van der Waals surface area (Å²) < 4.78 is 5.61. The summed E-state index contributed by atoms with van der Waals surface area (Å²) in [6, 6.07) is 8.40. The van der Waals surface area contributed by atoms with E-state index in [4.69, 9.17) is 9.68 Å². The topological polar surface area (TPSA) is 36.9 Å². The van der Waals surface area contributed by atoms with Gasteiger partial charge in [0.15, 0.2) is 0 Å². The normalized spacial score (nSPS) is 11.7. The van der Waals surface area contributed by atoms with E-state index in [-0.39, 0.29) is 5.41 Å². The van der Waals surface area contributed by atoms with E-state index in [1.807, 2.05) is 6.07 Å². The van der Waals surface area contributed by atoms with Crippen LogP contribution in [0.3, 0.4) is 0 Å². The van der Waals surface area contributed by atoms with Gasteiger partial charge in [-0.25, -0.2) is 0 Å². The lowest BCUT2D eigenvalue weighted by molar-refractivity contribution is 0.585. The zero-order chi connectivity index (χ0) is 13.3. The Morgan fingerprint density at radius 2 is 2.00 bits per heavy atom. The highest BCUT2D eigenvalue weighted by atomic mass is 16.3. The fourth-order valence-electron chi connectivity index (χ4n) is 2.20. The second-order valence-corrected chi connectivity index (χ2v) is 5.73. The van der Waals surface area contributed by atoms with E-state index in [9.17, 15) is 0 Å². The maximum absolute atomic E-state index is 9.13. The molecule has 0 saturated carbocycles. The Morgan fingerprint density at radius 1 is 1.28 bits per heavy atom. The third-order valence-corrected chi connectivity index (χ3v) is 3.26. The van der Waals surface area contributed by atoms with Gasteiger partial charge >= 0.3 is 0 Å². The molecular formula is C16H19NO. The van der Waals surface area contributed by atoms with Crippen LogP contribution >= 0.6 is 0 Å². The number of nitrogens with zero attached hydrogens (tertiary/aromatic N) is 1. The fraction of sp³-hybridized carbons (Fsp3) is 0.438. The Morgan fingerprint density at radius 3 is 2.56 bits per heavy atom. The molecule has 1 aromatic heterocycles. The van der Waals surface area contributed by atoms with Gasteiger partial charge < -0.3 is 4.42 Å². The Bertz CT molecular complexity index is 608. The number of hydrogen-bond acceptors (Lipinski definition) is 2. The van der Waals surface area contributed by atoms with Gasteiger partial charge in [0.25, 0.3) is 0 Å². The molecule has 0 bridgehead atoms. The minimum absolute atomic E-state index is 0.113. The molecule has 2 nitrogen and oxygen atoms in total. The van der Waals surface area contributed by atoms with Crippen molar-refractivity contribution >= 4 is 11.0 Å². The van der Waals surface area contributed by atoms with Crippen molar-refractivity contribution in [2.75, 3.05) is 0 Å². The summed E-state index contributed by atoms with van der Waals surface area (Å²) in [6.07, 6.45) is 1.91. The Kier molecular flexibility index (Phi) is 3.17. The molecule has 0 radical (unpaired) electrons. The Labute approximate surface area is 108 Å². The molecule has 0 N–H and O–H groups in total. The van der Waals surface area contributed by atoms with Gasteiger partial charge in [0.1, 0.15) is 11.7 Å². The average molecular weight is 241 g/mol. The highest BCUT2D eigenvalue weighted by molar-refractivity contribution is 5.84. The molecule has 94 valence electrons.